The van der Waals surface area contributed by atoms with E-state index in [0.717, 1.165) is 17.7 Å². The number of amides is 2. The molecule has 0 fully saturated rings. The molecule has 0 bridgehead atoms. The van der Waals surface area contributed by atoms with Gasteiger partial charge in [0.25, 0.3) is 0 Å². The summed E-state index contributed by atoms with van der Waals surface area (Å²) in [7, 11) is 0. The number of carbonyl (C=O) groups is 2. The van der Waals surface area contributed by atoms with Crippen LogP contribution in [0.5, 0.6) is 0 Å². The molecule has 1 aromatic heterocycles. The third-order valence-electron chi connectivity index (χ3n) is 6.19. The first-order valence-electron chi connectivity index (χ1n) is 11.8. The number of halogens is 4. The van der Waals surface area contributed by atoms with Gasteiger partial charge in [-0.15, -0.1) is 0 Å². The lowest BCUT2D eigenvalue weighted by atomic mass is 9.96. The third-order valence-corrected chi connectivity index (χ3v) is 6.19. The average molecular weight is 528 g/mol. The van der Waals surface area contributed by atoms with E-state index >= 15 is 0 Å². The van der Waals surface area contributed by atoms with E-state index in [4.69, 9.17) is 0 Å². The van der Waals surface area contributed by atoms with Crippen molar-refractivity contribution >= 4 is 22.9 Å². The van der Waals surface area contributed by atoms with Gasteiger partial charge in [-0.1, -0.05) is 36.4 Å². The fraction of sp³-hybridized carbons (Fsp3) is 0.214. The van der Waals surface area contributed by atoms with Crippen LogP contribution < -0.4 is 5.32 Å². The molecule has 198 valence electrons. The minimum atomic E-state index is -4.62. The number of benzene rings is 3. The van der Waals surface area contributed by atoms with E-state index in [1.54, 1.807) is 6.92 Å². The standard InChI is InChI=1S/C28H25F4N3O3/c1-2-34(27(38)33-14-18-6-4-3-5-7-18)15-19-12-20(28(30,31)32)8-10-22(19)24-16-35(17-26(36)37)25-11-9-21(29)13-23(24)25/h3-13,16H,2,14-15,17H2,1H3,(H,33,38)(H,36,37). The van der Waals surface area contributed by atoms with E-state index in [9.17, 15) is 32.3 Å². The summed E-state index contributed by atoms with van der Waals surface area (Å²) >= 11 is 0. The van der Waals surface area contributed by atoms with Crippen LogP contribution >= 0.6 is 0 Å². The Hall–Kier alpha value is -4.34. The van der Waals surface area contributed by atoms with Gasteiger partial charge in [-0.3, -0.25) is 4.79 Å². The second-order valence-electron chi connectivity index (χ2n) is 8.75. The SMILES string of the molecule is CCN(Cc1cc(C(F)(F)F)ccc1-c1cn(CC(=O)O)c2ccc(F)cc12)C(=O)NCc1ccccc1. The van der Waals surface area contributed by atoms with Gasteiger partial charge >= 0.3 is 18.2 Å². The van der Waals surface area contributed by atoms with Crippen molar-refractivity contribution in [2.75, 3.05) is 6.54 Å². The Kier molecular flexibility index (Phi) is 7.70. The van der Waals surface area contributed by atoms with Crippen LogP contribution in [-0.4, -0.2) is 33.1 Å². The Morgan fingerprint density at radius 3 is 2.39 bits per heavy atom. The summed E-state index contributed by atoms with van der Waals surface area (Å²) in [5, 5.41) is 12.4. The molecule has 2 amide bonds. The Labute approximate surface area is 216 Å². The Bertz CT molecular complexity index is 1470. The molecule has 0 saturated carbocycles. The van der Waals surface area contributed by atoms with Crippen LogP contribution in [0.3, 0.4) is 0 Å². The topological polar surface area (TPSA) is 74.6 Å². The van der Waals surface area contributed by atoms with E-state index in [-0.39, 0.29) is 25.2 Å². The molecule has 1 heterocycles. The molecule has 3 aromatic carbocycles. The summed E-state index contributed by atoms with van der Waals surface area (Å²) in [5.74, 6) is -1.70. The van der Waals surface area contributed by atoms with Gasteiger partial charge in [-0.25, -0.2) is 9.18 Å². The number of rotatable bonds is 8. The summed E-state index contributed by atoms with van der Waals surface area (Å²) in [6.07, 6.45) is -3.14. The van der Waals surface area contributed by atoms with Crippen LogP contribution in [0.4, 0.5) is 22.4 Å². The van der Waals surface area contributed by atoms with Gasteiger partial charge in [0, 0.05) is 42.3 Å². The molecule has 4 rings (SSSR count). The van der Waals surface area contributed by atoms with Crippen LogP contribution in [0.1, 0.15) is 23.6 Å². The maximum absolute atomic E-state index is 14.2. The monoisotopic (exact) mass is 527 g/mol. The van der Waals surface area contributed by atoms with Gasteiger partial charge in [0.1, 0.15) is 12.4 Å². The summed E-state index contributed by atoms with van der Waals surface area (Å²) in [4.78, 5) is 25.7. The van der Waals surface area contributed by atoms with Crippen molar-refractivity contribution in [1.29, 1.82) is 0 Å². The van der Waals surface area contributed by atoms with Crippen molar-refractivity contribution in [3.05, 3.63) is 95.4 Å². The summed E-state index contributed by atoms with van der Waals surface area (Å²) in [6, 6.07) is 15.7. The number of alkyl halides is 3. The van der Waals surface area contributed by atoms with Crippen molar-refractivity contribution < 1.29 is 32.3 Å². The number of carboxylic acids is 1. The van der Waals surface area contributed by atoms with E-state index in [1.807, 2.05) is 30.3 Å². The van der Waals surface area contributed by atoms with Gasteiger partial charge in [-0.2, -0.15) is 13.2 Å². The molecule has 6 nitrogen and oxygen atoms in total. The number of hydrogen-bond donors (Lipinski definition) is 2. The van der Waals surface area contributed by atoms with Crippen LogP contribution in [0, 0.1) is 5.82 Å². The highest BCUT2D eigenvalue weighted by molar-refractivity contribution is 5.97. The van der Waals surface area contributed by atoms with Crippen molar-refractivity contribution in [1.82, 2.24) is 14.8 Å². The quantitative estimate of drug-likeness (QED) is 0.265. The number of nitrogens with one attached hydrogen (secondary N) is 1. The second kappa shape index (κ2) is 11.0. The Morgan fingerprint density at radius 2 is 1.74 bits per heavy atom. The molecule has 4 aromatic rings. The zero-order valence-electron chi connectivity index (χ0n) is 20.4. The van der Waals surface area contributed by atoms with Crippen LogP contribution in [0.2, 0.25) is 0 Å². The van der Waals surface area contributed by atoms with Gasteiger partial charge in [0.05, 0.1) is 5.56 Å². The summed E-state index contributed by atoms with van der Waals surface area (Å²) in [5.41, 5.74) is 1.29. The van der Waals surface area contributed by atoms with E-state index in [1.165, 1.54) is 39.9 Å². The summed E-state index contributed by atoms with van der Waals surface area (Å²) in [6.45, 7) is 1.60. The molecular weight excluding hydrogens is 502 g/mol. The predicted octanol–water partition coefficient (Wildman–Crippen LogP) is 6.28. The average Bonchev–Trinajstić information content (AvgIpc) is 3.22. The first kappa shape index (κ1) is 26.7. The molecule has 10 heteroatoms. The molecule has 0 aliphatic heterocycles. The number of fused-ring (bicyclic) bond motifs is 1. The van der Waals surface area contributed by atoms with Crippen LogP contribution in [-0.2, 0) is 30.6 Å². The predicted molar refractivity (Wildman–Crippen MR) is 135 cm³/mol. The highest BCUT2D eigenvalue weighted by Gasteiger charge is 2.32. The Balaban J connectivity index is 1.75. The van der Waals surface area contributed by atoms with Crippen molar-refractivity contribution in [3.8, 4) is 11.1 Å². The van der Waals surface area contributed by atoms with Crippen LogP contribution in [0.25, 0.3) is 22.0 Å². The minimum Gasteiger partial charge on any atom is -0.480 e. The van der Waals surface area contributed by atoms with Gasteiger partial charge in [-0.05, 0) is 53.9 Å². The number of nitrogens with zero attached hydrogens (tertiary/aromatic N) is 2. The molecule has 2 N–H and O–H groups in total. The first-order valence-corrected chi connectivity index (χ1v) is 11.8. The maximum atomic E-state index is 14.2. The molecule has 0 aliphatic carbocycles. The molecule has 0 spiro atoms. The largest absolute Gasteiger partial charge is 0.480 e. The molecule has 38 heavy (non-hydrogen) atoms. The molecule has 0 aliphatic rings. The lowest BCUT2D eigenvalue weighted by Gasteiger charge is -2.24. The number of carboxylic acid groups (broad SMARTS) is 1. The smallest absolute Gasteiger partial charge is 0.416 e. The van der Waals surface area contributed by atoms with Crippen molar-refractivity contribution in [2.45, 2.75) is 32.7 Å². The Morgan fingerprint density at radius 1 is 1.00 bits per heavy atom. The number of hydrogen-bond acceptors (Lipinski definition) is 2. The van der Waals surface area contributed by atoms with E-state index in [0.29, 0.717) is 22.0 Å². The summed E-state index contributed by atoms with van der Waals surface area (Å²) < 4.78 is 56.5. The highest BCUT2D eigenvalue weighted by Crippen LogP contribution is 2.37. The number of aromatic nitrogens is 1. The zero-order valence-corrected chi connectivity index (χ0v) is 20.4. The van der Waals surface area contributed by atoms with Gasteiger partial charge in [0.15, 0.2) is 0 Å². The van der Waals surface area contributed by atoms with Crippen molar-refractivity contribution in [3.63, 3.8) is 0 Å². The number of aliphatic carboxylic acids is 1. The first-order chi connectivity index (χ1) is 18.1. The zero-order chi connectivity index (χ0) is 27.4. The minimum absolute atomic E-state index is 0.155. The fourth-order valence-corrected chi connectivity index (χ4v) is 4.34. The molecular formula is C28H25F4N3O3. The fourth-order valence-electron chi connectivity index (χ4n) is 4.34. The van der Waals surface area contributed by atoms with Crippen molar-refractivity contribution in [2.24, 2.45) is 0 Å². The van der Waals surface area contributed by atoms with E-state index in [2.05, 4.69) is 5.32 Å². The molecule has 0 saturated heterocycles. The number of urea groups is 1. The molecule has 0 atom stereocenters. The number of carbonyl (C=O) groups excluding carboxylic acids is 1. The van der Waals surface area contributed by atoms with Gasteiger partial charge in [0.2, 0.25) is 0 Å². The molecule has 0 unspecified atom stereocenters. The molecule has 0 radical (unpaired) electrons. The lowest BCUT2D eigenvalue weighted by Crippen LogP contribution is -2.39. The third kappa shape index (κ3) is 5.96. The van der Waals surface area contributed by atoms with E-state index < -0.39 is 36.1 Å². The maximum Gasteiger partial charge on any atom is 0.416 e. The van der Waals surface area contributed by atoms with Gasteiger partial charge < -0.3 is 19.9 Å². The van der Waals surface area contributed by atoms with Crippen LogP contribution in [0.15, 0.2) is 72.9 Å². The lowest BCUT2D eigenvalue weighted by molar-refractivity contribution is -0.138. The highest BCUT2D eigenvalue weighted by atomic mass is 19.4. The normalized spacial score (nSPS) is 11.5. The second-order valence-corrected chi connectivity index (χ2v) is 8.75.